The van der Waals surface area contributed by atoms with Crippen LogP contribution in [0.2, 0.25) is 10.0 Å². The number of rotatable bonds is 16. The van der Waals surface area contributed by atoms with E-state index in [0.717, 1.165) is 76.6 Å². The Morgan fingerprint density at radius 2 is 1.67 bits per heavy atom. The van der Waals surface area contributed by atoms with Gasteiger partial charge in [0.1, 0.15) is 36.5 Å². The van der Waals surface area contributed by atoms with Gasteiger partial charge in [-0.2, -0.15) is 0 Å². The number of carbonyl (C=O) groups is 1. The first-order chi connectivity index (χ1) is 25.3. The van der Waals surface area contributed by atoms with E-state index < -0.39 is 12.0 Å². The molecule has 6 rings (SSSR count). The monoisotopic (exact) mass is 763 g/mol. The van der Waals surface area contributed by atoms with Crippen LogP contribution >= 0.6 is 35.0 Å². The van der Waals surface area contributed by atoms with Crippen molar-refractivity contribution in [2.24, 2.45) is 0 Å². The highest BCUT2D eigenvalue weighted by Gasteiger charge is 2.29. The molecule has 0 amide bonds. The van der Waals surface area contributed by atoms with Crippen LogP contribution in [-0.2, 0) is 24.6 Å². The number of carboxylic acids is 1. The smallest absolute Gasteiger partial charge is 0.320 e. The topological polar surface area (TPSA) is 84.4 Å². The lowest BCUT2D eigenvalue weighted by Crippen LogP contribution is -2.36. The van der Waals surface area contributed by atoms with Crippen molar-refractivity contribution in [1.29, 1.82) is 0 Å². The molecule has 1 unspecified atom stereocenters. The Morgan fingerprint density at radius 1 is 0.885 bits per heavy atom. The lowest BCUT2D eigenvalue weighted by atomic mass is 9.96. The summed E-state index contributed by atoms with van der Waals surface area (Å²) in [6.45, 7) is 7.61. The van der Waals surface area contributed by atoms with Crippen LogP contribution in [0.15, 0.2) is 71.9 Å². The Morgan fingerprint density at radius 3 is 2.48 bits per heavy atom. The number of likely N-dealkylation sites (tertiary alicyclic amines) is 2. The number of aliphatic carboxylic acids is 1. The van der Waals surface area contributed by atoms with Gasteiger partial charge in [-0.3, -0.25) is 19.6 Å². The summed E-state index contributed by atoms with van der Waals surface area (Å²) in [5.74, 6) is 1.19. The van der Waals surface area contributed by atoms with E-state index >= 15 is 0 Å². The van der Waals surface area contributed by atoms with Crippen LogP contribution in [0.5, 0.6) is 17.2 Å². The molecule has 276 valence electrons. The quantitative estimate of drug-likeness (QED) is 0.0886. The van der Waals surface area contributed by atoms with Gasteiger partial charge in [-0.15, -0.1) is 11.8 Å². The lowest BCUT2D eigenvalue weighted by Gasteiger charge is -2.27. The van der Waals surface area contributed by atoms with Crippen LogP contribution < -0.4 is 14.2 Å². The van der Waals surface area contributed by atoms with Crippen LogP contribution in [0, 0.1) is 6.92 Å². The standard InChI is InChI=1S/C41H47Cl2N3O5S/c1-28-30(10-6-11-33(28)34-12-7-14-37(40(34)43)49-19-9-18-46-17-8-13-36(46)41(47)48)27-51-39-22-38(50-26-29-20-32(52-2)24-44-23-29)31(21-35(39)42)25-45-15-4-3-5-16-45/h6-7,10-12,14,20-24,36H,3-5,8-9,13,15-19,25-27H2,1-2H3,(H,47,48). The molecule has 0 aliphatic carbocycles. The molecule has 2 aliphatic rings. The third-order valence-corrected chi connectivity index (χ3v) is 11.3. The van der Waals surface area contributed by atoms with Crippen molar-refractivity contribution in [3.05, 3.63) is 99.3 Å². The Labute approximate surface area is 321 Å². The van der Waals surface area contributed by atoms with Gasteiger partial charge in [0.15, 0.2) is 0 Å². The molecule has 2 fully saturated rings. The number of ether oxygens (including phenoxy) is 3. The molecule has 3 heterocycles. The highest BCUT2D eigenvalue weighted by molar-refractivity contribution is 7.98. The second-order valence-corrected chi connectivity index (χ2v) is 15.1. The predicted octanol–water partition coefficient (Wildman–Crippen LogP) is 9.55. The molecule has 1 aromatic heterocycles. The van der Waals surface area contributed by atoms with Gasteiger partial charge in [-0.05, 0) is 99.8 Å². The second kappa shape index (κ2) is 18.5. The van der Waals surface area contributed by atoms with Crippen molar-refractivity contribution in [3.8, 4) is 28.4 Å². The molecular weight excluding hydrogens is 717 g/mol. The lowest BCUT2D eigenvalue weighted by molar-refractivity contribution is -0.142. The van der Waals surface area contributed by atoms with Crippen molar-refractivity contribution in [2.45, 2.75) is 76.1 Å². The van der Waals surface area contributed by atoms with Crippen LogP contribution in [-0.4, -0.2) is 70.9 Å². The number of benzene rings is 3. The van der Waals surface area contributed by atoms with Gasteiger partial charge in [0.05, 0.1) is 16.7 Å². The first kappa shape index (κ1) is 38.3. The summed E-state index contributed by atoms with van der Waals surface area (Å²) in [6, 6.07) is 17.5. The van der Waals surface area contributed by atoms with E-state index in [1.165, 1.54) is 19.3 Å². The van der Waals surface area contributed by atoms with Gasteiger partial charge >= 0.3 is 5.97 Å². The van der Waals surface area contributed by atoms with E-state index in [9.17, 15) is 9.90 Å². The Hall–Kier alpha value is -3.47. The maximum Gasteiger partial charge on any atom is 0.320 e. The normalized spacial score (nSPS) is 16.6. The Bertz CT molecular complexity index is 1840. The fraction of sp³-hybridized carbons (Fsp3) is 0.415. The minimum Gasteiger partial charge on any atom is -0.492 e. The van der Waals surface area contributed by atoms with Gasteiger partial charge in [0, 0.05) is 53.1 Å². The molecule has 8 nitrogen and oxygen atoms in total. The predicted molar refractivity (Wildman–Crippen MR) is 209 cm³/mol. The van der Waals surface area contributed by atoms with E-state index in [2.05, 4.69) is 35.0 Å². The van der Waals surface area contributed by atoms with E-state index in [0.29, 0.717) is 60.8 Å². The maximum atomic E-state index is 11.5. The number of piperidine rings is 1. The van der Waals surface area contributed by atoms with Crippen molar-refractivity contribution in [1.82, 2.24) is 14.8 Å². The number of nitrogens with zero attached hydrogens (tertiary/aromatic N) is 3. The minimum atomic E-state index is -0.748. The number of carboxylic acid groups (broad SMARTS) is 1. The number of aromatic nitrogens is 1. The molecule has 0 radical (unpaired) electrons. The van der Waals surface area contributed by atoms with E-state index in [1.54, 1.807) is 11.8 Å². The number of thioether (sulfide) groups is 1. The number of halogens is 2. The molecular formula is C41H47Cl2N3O5S. The molecule has 2 saturated heterocycles. The average Bonchev–Trinajstić information content (AvgIpc) is 3.63. The average molecular weight is 765 g/mol. The number of pyridine rings is 1. The molecule has 0 bridgehead atoms. The number of hydrogen-bond donors (Lipinski definition) is 1. The maximum absolute atomic E-state index is 11.5. The first-order valence-corrected chi connectivity index (χ1v) is 20.0. The molecule has 1 N–H and O–H groups in total. The van der Waals surface area contributed by atoms with Crippen molar-refractivity contribution < 1.29 is 24.1 Å². The summed E-state index contributed by atoms with van der Waals surface area (Å²) in [5.41, 5.74) is 5.97. The molecule has 11 heteroatoms. The zero-order valence-electron chi connectivity index (χ0n) is 29.9. The minimum absolute atomic E-state index is 0.311. The molecule has 2 aliphatic heterocycles. The molecule has 4 aromatic rings. The summed E-state index contributed by atoms with van der Waals surface area (Å²) in [5, 5.41) is 10.6. The van der Waals surface area contributed by atoms with Crippen LogP contribution in [0.4, 0.5) is 0 Å². The number of hydrogen-bond acceptors (Lipinski definition) is 8. The molecule has 0 saturated carbocycles. The summed E-state index contributed by atoms with van der Waals surface area (Å²) in [7, 11) is 0. The summed E-state index contributed by atoms with van der Waals surface area (Å²) >= 11 is 15.5. The van der Waals surface area contributed by atoms with Crippen LogP contribution in [0.25, 0.3) is 11.1 Å². The highest BCUT2D eigenvalue weighted by atomic mass is 35.5. The van der Waals surface area contributed by atoms with Crippen molar-refractivity contribution in [3.63, 3.8) is 0 Å². The van der Waals surface area contributed by atoms with Gasteiger partial charge in [0.25, 0.3) is 0 Å². The zero-order valence-corrected chi connectivity index (χ0v) is 32.2. The zero-order chi connectivity index (χ0) is 36.5. The fourth-order valence-electron chi connectivity index (χ4n) is 7.06. The molecule has 3 aromatic carbocycles. The van der Waals surface area contributed by atoms with E-state index in [1.807, 2.05) is 59.9 Å². The summed E-state index contributed by atoms with van der Waals surface area (Å²) < 4.78 is 19.0. The summed E-state index contributed by atoms with van der Waals surface area (Å²) in [4.78, 5) is 21.5. The van der Waals surface area contributed by atoms with Crippen molar-refractivity contribution >= 4 is 40.9 Å². The van der Waals surface area contributed by atoms with Gasteiger partial charge in [-0.25, -0.2) is 0 Å². The van der Waals surface area contributed by atoms with Crippen LogP contribution in [0.3, 0.4) is 0 Å². The third kappa shape index (κ3) is 9.74. The Balaban J connectivity index is 1.15. The van der Waals surface area contributed by atoms with Gasteiger partial charge < -0.3 is 19.3 Å². The van der Waals surface area contributed by atoms with Crippen LogP contribution in [0.1, 0.15) is 60.8 Å². The largest absolute Gasteiger partial charge is 0.492 e. The van der Waals surface area contributed by atoms with Crippen molar-refractivity contribution in [2.75, 3.05) is 39.0 Å². The van der Waals surface area contributed by atoms with Gasteiger partial charge in [0.2, 0.25) is 0 Å². The highest BCUT2D eigenvalue weighted by Crippen LogP contribution is 2.39. The molecule has 1 atom stereocenters. The summed E-state index contributed by atoms with van der Waals surface area (Å²) in [6.07, 6.45) is 11.7. The van der Waals surface area contributed by atoms with E-state index in [4.69, 9.17) is 37.4 Å². The van der Waals surface area contributed by atoms with E-state index in [-0.39, 0.29) is 0 Å². The second-order valence-electron chi connectivity index (χ2n) is 13.5. The van der Waals surface area contributed by atoms with Gasteiger partial charge in [-0.1, -0.05) is 60.0 Å². The molecule has 0 spiro atoms. The first-order valence-electron chi connectivity index (χ1n) is 18.1. The fourth-order valence-corrected chi connectivity index (χ4v) is 8.02. The molecule has 52 heavy (non-hydrogen) atoms. The third-order valence-electron chi connectivity index (χ3n) is 9.94. The SMILES string of the molecule is CSc1cncc(COc2cc(OCc3cccc(-c4cccc(OCCCN5CCCC5C(=O)O)c4Cl)c3C)c(Cl)cc2CN2CCCCC2)c1. The Kier molecular flexibility index (Phi) is 13.6.